The van der Waals surface area contributed by atoms with Crippen molar-refractivity contribution >= 4 is 5.97 Å². The number of esters is 1. The van der Waals surface area contributed by atoms with Gasteiger partial charge in [0.1, 0.15) is 11.9 Å². The van der Waals surface area contributed by atoms with Crippen molar-refractivity contribution in [3.8, 4) is 0 Å². The van der Waals surface area contributed by atoms with Gasteiger partial charge >= 0.3 is 5.97 Å². The molecule has 1 rings (SSSR count). The van der Waals surface area contributed by atoms with Crippen molar-refractivity contribution in [2.75, 3.05) is 6.61 Å². The third kappa shape index (κ3) is 2.68. The molecule has 2 atom stereocenters. The summed E-state index contributed by atoms with van der Waals surface area (Å²) in [4.78, 5) is 11.7. The van der Waals surface area contributed by atoms with Crippen molar-refractivity contribution in [3.05, 3.63) is 35.6 Å². The molecule has 100 valence electrons. The Morgan fingerprint density at radius 2 is 2.06 bits per heavy atom. The minimum absolute atomic E-state index is 0.0745. The van der Waals surface area contributed by atoms with Crippen LogP contribution in [-0.2, 0) is 9.53 Å². The number of hydrogen-bond acceptors (Lipinski definition) is 4. The first kappa shape index (κ1) is 14.6. The number of benzene rings is 1. The third-order valence-electron chi connectivity index (χ3n) is 2.82. The molecule has 4 nitrogen and oxygen atoms in total. The quantitative estimate of drug-likeness (QED) is 0.785. The van der Waals surface area contributed by atoms with E-state index in [0.717, 1.165) is 6.07 Å². The van der Waals surface area contributed by atoms with E-state index in [1.54, 1.807) is 6.92 Å². The fraction of sp³-hybridized carbons (Fsp3) is 0.462. The highest BCUT2D eigenvalue weighted by Crippen LogP contribution is 2.31. The first-order valence-corrected chi connectivity index (χ1v) is 5.79. The summed E-state index contributed by atoms with van der Waals surface area (Å²) >= 11 is 0. The zero-order valence-electron chi connectivity index (χ0n) is 10.4. The number of rotatable bonds is 5. The van der Waals surface area contributed by atoms with E-state index in [2.05, 4.69) is 0 Å². The Labute approximate surface area is 105 Å². The molecular formula is C13H17FO4. The van der Waals surface area contributed by atoms with Crippen molar-refractivity contribution in [1.82, 2.24) is 0 Å². The fourth-order valence-electron chi connectivity index (χ4n) is 1.66. The van der Waals surface area contributed by atoms with Gasteiger partial charge in [-0.15, -0.1) is 0 Å². The molecule has 1 aromatic rings. The van der Waals surface area contributed by atoms with Gasteiger partial charge in [-0.2, -0.15) is 0 Å². The van der Waals surface area contributed by atoms with Crippen LogP contribution in [0.25, 0.3) is 0 Å². The van der Waals surface area contributed by atoms with Gasteiger partial charge in [-0.05, 0) is 19.4 Å². The van der Waals surface area contributed by atoms with Crippen LogP contribution in [0.2, 0.25) is 0 Å². The van der Waals surface area contributed by atoms with Crippen molar-refractivity contribution in [2.45, 2.75) is 32.0 Å². The van der Waals surface area contributed by atoms with E-state index in [4.69, 9.17) is 4.74 Å². The Balaban J connectivity index is 3.09. The van der Waals surface area contributed by atoms with Crippen LogP contribution >= 0.6 is 0 Å². The summed E-state index contributed by atoms with van der Waals surface area (Å²) in [5, 5.41) is 20.2. The molecule has 0 unspecified atom stereocenters. The molecule has 0 fully saturated rings. The molecular weight excluding hydrogens is 239 g/mol. The smallest absolute Gasteiger partial charge is 0.341 e. The van der Waals surface area contributed by atoms with Gasteiger partial charge in [-0.25, -0.2) is 9.18 Å². The summed E-state index contributed by atoms with van der Waals surface area (Å²) in [5.74, 6) is -1.63. The highest BCUT2D eigenvalue weighted by Gasteiger charge is 2.44. The van der Waals surface area contributed by atoms with E-state index >= 15 is 0 Å². The maximum Gasteiger partial charge on any atom is 0.341 e. The normalized spacial score (nSPS) is 15.8. The fourth-order valence-corrected chi connectivity index (χ4v) is 1.66. The molecule has 0 aromatic heterocycles. The Morgan fingerprint density at radius 3 is 2.56 bits per heavy atom. The summed E-state index contributed by atoms with van der Waals surface area (Å²) in [5.41, 5.74) is -2.27. The third-order valence-corrected chi connectivity index (χ3v) is 2.82. The van der Waals surface area contributed by atoms with Gasteiger partial charge in [0.2, 0.25) is 0 Å². The molecule has 5 heteroatoms. The zero-order chi connectivity index (χ0) is 13.8. The van der Waals surface area contributed by atoms with Crippen molar-refractivity contribution in [2.24, 2.45) is 0 Å². The molecule has 2 N–H and O–H groups in total. The van der Waals surface area contributed by atoms with Crippen LogP contribution in [0.3, 0.4) is 0 Å². The average molecular weight is 256 g/mol. The van der Waals surface area contributed by atoms with Crippen LogP contribution in [0.5, 0.6) is 0 Å². The summed E-state index contributed by atoms with van der Waals surface area (Å²) in [6, 6.07) is 5.45. The maximum atomic E-state index is 13.5. The van der Waals surface area contributed by atoms with Crippen molar-refractivity contribution in [3.63, 3.8) is 0 Å². The van der Waals surface area contributed by atoms with Gasteiger partial charge < -0.3 is 14.9 Å². The van der Waals surface area contributed by atoms with E-state index in [-0.39, 0.29) is 18.6 Å². The second kappa shape index (κ2) is 5.93. The number of aliphatic hydroxyl groups is 2. The zero-order valence-corrected chi connectivity index (χ0v) is 10.4. The number of ether oxygens (including phenoxy) is 1. The monoisotopic (exact) mass is 256 g/mol. The predicted molar refractivity (Wildman–Crippen MR) is 63.2 cm³/mol. The minimum Gasteiger partial charge on any atom is -0.464 e. The number of hydrogen-bond donors (Lipinski definition) is 2. The molecule has 0 bridgehead atoms. The van der Waals surface area contributed by atoms with Gasteiger partial charge in [0.15, 0.2) is 5.60 Å². The molecule has 0 spiro atoms. The first-order valence-electron chi connectivity index (χ1n) is 5.79. The van der Waals surface area contributed by atoms with Gasteiger partial charge in [0.25, 0.3) is 0 Å². The highest BCUT2D eigenvalue weighted by atomic mass is 19.1. The maximum absolute atomic E-state index is 13.5. The van der Waals surface area contributed by atoms with Gasteiger partial charge in [-0.1, -0.05) is 25.1 Å². The highest BCUT2D eigenvalue weighted by molar-refractivity contribution is 5.80. The lowest BCUT2D eigenvalue weighted by atomic mass is 9.88. The Morgan fingerprint density at radius 1 is 1.44 bits per heavy atom. The summed E-state index contributed by atoms with van der Waals surface area (Å²) in [7, 11) is 0. The van der Waals surface area contributed by atoms with Crippen molar-refractivity contribution in [1.29, 1.82) is 0 Å². The van der Waals surface area contributed by atoms with Gasteiger partial charge in [0.05, 0.1) is 6.61 Å². The molecule has 0 aliphatic heterocycles. The molecule has 0 heterocycles. The number of carbonyl (C=O) groups is 1. The first-order chi connectivity index (χ1) is 8.47. The molecule has 0 aliphatic carbocycles. The standard InChI is InChI=1S/C13H17FO4/c1-3-13(17,12(16)18-4-2)11(15)9-7-5-6-8-10(9)14/h5-8,11,15,17H,3-4H2,1-2H3/t11-,13+/m1/s1. The molecule has 0 amide bonds. The molecule has 0 radical (unpaired) electrons. The second-order valence-corrected chi connectivity index (χ2v) is 3.92. The number of carbonyl (C=O) groups excluding carboxylic acids is 1. The SMILES string of the molecule is CCOC(=O)[C@](O)(CC)[C@H](O)c1ccccc1F. The van der Waals surface area contributed by atoms with E-state index in [9.17, 15) is 19.4 Å². The lowest BCUT2D eigenvalue weighted by Crippen LogP contribution is -2.45. The molecule has 0 saturated heterocycles. The molecule has 1 aromatic carbocycles. The average Bonchev–Trinajstić information content (AvgIpc) is 2.37. The molecule has 0 aliphatic rings. The lowest BCUT2D eigenvalue weighted by molar-refractivity contribution is -0.179. The summed E-state index contributed by atoms with van der Waals surface area (Å²) < 4.78 is 18.2. The van der Waals surface area contributed by atoms with Crippen LogP contribution in [0.4, 0.5) is 4.39 Å². The van der Waals surface area contributed by atoms with Crippen LogP contribution < -0.4 is 0 Å². The Hall–Kier alpha value is -1.46. The Kier molecular flexibility index (Phi) is 4.81. The van der Waals surface area contributed by atoms with Crippen LogP contribution in [-0.4, -0.2) is 28.4 Å². The van der Waals surface area contributed by atoms with E-state index in [1.807, 2.05) is 0 Å². The van der Waals surface area contributed by atoms with Crippen LogP contribution in [0.1, 0.15) is 31.9 Å². The molecule has 18 heavy (non-hydrogen) atoms. The van der Waals surface area contributed by atoms with Crippen molar-refractivity contribution < 1.29 is 24.1 Å². The van der Waals surface area contributed by atoms with E-state index in [1.165, 1.54) is 25.1 Å². The largest absolute Gasteiger partial charge is 0.464 e. The molecule has 0 saturated carbocycles. The second-order valence-electron chi connectivity index (χ2n) is 3.92. The topological polar surface area (TPSA) is 66.8 Å². The van der Waals surface area contributed by atoms with Gasteiger partial charge in [0, 0.05) is 5.56 Å². The van der Waals surface area contributed by atoms with Crippen LogP contribution in [0, 0.1) is 5.82 Å². The van der Waals surface area contributed by atoms with E-state index in [0.29, 0.717) is 0 Å². The van der Waals surface area contributed by atoms with E-state index < -0.39 is 23.5 Å². The lowest BCUT2D eigenvalue weighted by Gasteiger charge is -2.29. The van der Waals surface area contributed by atoms with Gasteiger partial charge in [-0.3, -0.25) is 0 Å². The minimum atomic E-state index is -2.14. The number of aliphatic hydroxyl groups excluding tert-OH is 1. The number of halogens is 1. The Bertz CT molecular complexity index is 421. The van der Waals surface area contributed by atoms with Crippen LogP contribution in [0.15, 0.2) is 24.3 Å². The summed E-state index contributed by atoms with van der Waals surface area (Å²) in [6.07, 6.45) is -1.75. The summed E-state index contributed by atoms with van der Waals surface area (Å²) in [6.45, 7) is 3.18. The predicted octanol–water partition coefficient (Wildman–Crippen LogP) is 1.56.